The monoisotopic (exact) mass is 281 g/mol. The standard InChI is InChI=1S/C18H19NO2/c1-19-11-16(14-7-3-2-4-8-14)17(18(19)21)15-9-5-6-13(10-15)12-20/h2-10,16-17,20H,11-12H2,1H3/t16-,17?/m1/s1. The SMILES string of the molecule is CN1C[C@H](c2ccccc2)C(c2cccc(CO)c2)C1=O. The minimum absolute atomic E-state index is 0.000589. The molecule has 1 unspecified atom stereocenters. The molecule has 1 N–H and O–H groups in total. The molecule has 1 aliphatic heterocycles. The molecule has 1 amide bonds. The smallest absolute Gasteiger partial charge is 0.230 e. The molecule has 2 atom stereocenters. The van der Waals surface area contributed by atoms with Crippen molar-refractivity contribution < 1.29 is 9.90 Å². The highest BCUT2D eigenvalue weighted by Gasteiger charge is 2.40. The van der Waals surface area contributed by atoms with Gasteiger partial charge in [0.15, 0.2) is 0 Å². The van der Waals surface area contributed by atoms with Gasteiger partial charge in [0.05, 0.1) is 12.5 Å². The Labute approximate surface area is 124 Å². The number of benzene rings is 2. The van der Waals surface area contributed by atoms with Crippen molar-refractivity contribution >= 4 is 5.91 Å². The van der Waals surface area contributed by atoms with Crippen LogP contribution in [-0.4, -0.2) is 29.5 Å². The average Bonchev–Trinajstić information content (AvgIpc) is 2.84. The van der Waals surface area contributed by atoms with Crippen molar-refractivity contribution in [2.75, 3.05) is 13.6 Å². The lowest BCUT2D eigenvalue weighted by molar-refractivity contribution is -0.127. The van der Waals surface area contributed by atoms with Crippen LogP contribution in [0.2, 0.25) is 0 Å². The summed E-state index contributed by atoms with van der Waals surface area (Å²) in [6, 6.07) is 17.9. The second-order valence-corrected chi connectivity index (χ2v) is 5.62. The molecule has 0 radical (unpaired) electrons. The number of likely N-dealkylation sites (N-methyl/N-ethyl adjacent to an activating group) is 1. The Hall–Kier alpha value is -2.13. The third-order valence-electron chi connectivity index (χ3n) is 4.24. The molecule has 21 heavy (non-hydrogen) atoms. The molecular formula is C18H19NO2. The maximum absolute atomic E-state index is 12.6. The molecular weight excluding hydrogens is 262 g/mol. The normalized spacial score (nSPS) is 21.8. The van der Waals surface area contributed by atoms with Crippen LogP contribution in [0.25, 0.3) is 0 Å². The summed E-state index contributed by atoms with van der Waals surface area (Å²) in [5.74, 6) is 0.153. The van der Waals surface area contributed by atoms with Gasteiger partial charge >= 0.3 is 0 Å². The fourth-order valence-electron chi connectivity index (χ4n) is 3.16. The van der Waals surface area contributed by atoms with Gasteiger partial charge < -0.3 is 10.0 Å². The third-order valence-corrected chi connectivity index (χ3v) is 4.24. The summed E-state index contributed by atoms with van der Waals surface area (Å²) in [7, 11) is 1.86. The Bertz CT molecular complexity index is 639. The first kappa shape index (κ1) is 13.8. The number of carbonyl (C=O) groups is 1. The Balaban J connectivity index is 2.02. The van der Waals surface area contributed by atoms with E-state index < -0.39 is 0 Å². The molecule has 0 bridgehead atoms. The number of hydrogen-bond donors (Lipinski definition) is 1. The van der Waals surface area contributed by atoms with Crippen molar-refractivity contribution in [3.05, 3.63) is 71.3 Å². The molecule has 0 aromatic heterocycles. The Morgan fingerprint density at radius 3 is 2.52 bits per heavy atom. The minimum Gasteiger partial charge on any atom is -0.392 e. The molecule has 2 aromatic rings. The van der Waals surface area contributed by atoms with E-state index in [0.717, 1.165) is 17.7 Å². The van der Waals surface area contributed by atoms with E-state index in [2.05, 4.69) is 12.1 Å². The summed E-state index contributed by atoms with van der Waals surface area (Å²) in [6.07, 6.45) is 0. The number of likely N-dealkylation sites (tertiary alicyclic amines) is 1. The maximum Gasteiger partial charge on any atom is 0.230 e. The maximum atomic E-state index is 12.6. The molecule has 3 heteroatoms. The first-order valence-electron chi connectivity index (χ1n) is 7.20. The Morgan fingerprint density at radius 2 is 1.81 bits per heavy atom. The summed E-state index contributed by atoms with van der Waals surface area (Å²) in [6.45, 7) is 0.734. The predicted molar refractivity (Wildman–Crippen MR) is 81.9 cm³/mol. The lowest BCUT2D eigenvalue weighted by atomic mass is 9.83. The van der Waals surface area contributed by atoms with Crippen molar-refractivity contribution in [3.63, 3.8) is 0 Å². The molecule has 1 heterocycles. The zero-order valence-corrected chi connectivity index (χ0v) is 12.1. The predicted octanol–water partition coefficient (Wildman–Crippen LogP) is 2.52. The first-order valence-corrected chi connectivity index (χ1v) is 7.20. The molecule has 3 rings (SSSR count). The highest BCUT2D eigenvalue weighted by molar-refractivity contribution is 5.87. The van der Waals surface area contributed by atoms with Gasteiger partial charge in [-0.25, -0.2) is 0 Å². The van der Waals surface area contributed by atoms with Crippen LogP contribution in [0, 0.1) is 0 Å². The van der Waals surface area contributed by atoms with Crippen molar-refractivity contribution in [3.8, 4) is 0 Å². The van der Waals surface area contributed by atoms with Gasteiger partial charge in [0, 0.05) is 19.5 Å². The average molecular weight is 281 g/mol. The summed E-state index contributed by atoms with van der Waals surface area (Å²) in [4.78, 5) is 14.4. The van der Waals surface area contributed by atoms with Gasteiger partial charge in [-0.1, -0.05) is 54.6 Å². The fourth-order valence-corrected chi connectivity index (χ4v) is 3.16. The number of nitrogens with zero attached hydrogens (tertiary/aromatic N) is 1. The van der Waals surface area contributed by atoms with E-state index in [0.29, 0.717) is 0 Å². The summed E-state index contributed by atoms with van der Waals surface area (Å²) in [5, 5.41) is 9.31. The quantitative estimate of drug-likeness (QED) is 0.939. The molecule has 108 valence electrons. The molecule has 1 saturated heterocycles. The van der Waals surface area contributed by atoms with Gasteiger partial charge in [0.2, 0.25) is 5.91 Å². The van der Waals surface area contributed by atoms with Crippen LogP contribution in [-0.2, 0) is 11.4 Å². The van der Waals surface area contributed by atoms with Crippen LogP contribution in [0.4, 0.5) is 0 Å². The number of amides is 1. The van der Waals surface area contributed by atoms with Crippen molar-refractivity contribution in [2.45, 2.75) is 18.4 Å². The lowest BCUT2D eigenvalue weighted by Gasteiger charge is -2.18. The molecule has 1 aliphatic rings. The lowest BCUT2D eigenvalue weighted by Crippen LogP contribution is -2.21. The van der Waals surface area contributed by atoms with Crippen molar-refractivity contribution in [2.24, 2.45) is 0 Å². The van der Waals surface area contributed by atoms with Crippen molar-refractivity contribution in [1.82, 2.24) is 4.90 Å². The van der Waals surface area contributed by atoms with Gasteiger partial charge in [-0.15, -0.1) is 0 Å². The van der Waals surface area contributed by atoms with Gasteiger partial charge in [-0.3, -0.25) is 4.79 Å². The molecule has 3 nitrogen and oxygen atoms in total. The van der Waals surface area contributed by atoms with E-state index in [1.165, 1.54) is 5.56 Å². The second kappa shape index (κ2) is 5.70. The van der Waals surface area contributed by atoms with Gasteiger partial charge in [-0.05, 0) is 16.7 Å². The first-order chi connectivity index (χ1) is 10.2. The summed E-state index contributed by atoms with van der Waals surface area (Å²) >= 11 is 0. The topological polar surface area (TPSA) is 40.5 Å². The van der Waals surface area contributed by atoms with Crippen molar-refractivity contribution in [1.29, 1.82) is 0 Å². The van der Waals surface area contributed by atoms with E-state index in [1.807, 2.05) is 49.5 Å². The molecule has 0 spiro atoms. The van der Waals surface area contributed by atoms with E-state index in [1.54, 1.807) is 4.90 Å². The van der Waals surface area contributed by atoms with E-state index >= 15 is 0 Å². The summed E-state index contributed by atoms with van der Waals surface area (Å²) < 4.78 is 0. The van der Waals surface area contributed by atoms with Gasteiger partial charge in [0.1, 0.15) is 0 Å². The highest BCUT2D eigenvalue weighted by atomic mass is 16.3. The molecule has 1 fully saturated rings. The Morgan fingerprint density at radius 1 is 1.10 bits per heavy atom. The van der Waals surface area contributed by atoms with Crippen LogP contribution < -0.4 is 0 Å². The summed E-state index contributed by atoms with van der Waals surface area (Å²) in [5.41, 5.74) is 3.03. The molecule has 0 aliphatic carbocycles. The van der Waals surface area contributed by atoms with Gasteiger partial charge in [-0.2, -0.15) is 0 Å². The number of aliphatic hydroxyl groups is 1. The van der Waals surface area contributed by atoms with Crippen LogP contribution in [0.15, 0.2) is 54.6 Å². The molecule has 2 aromatic carbocycles. The van der Waals surface area contributed by atoms with Crippen LogP contribution in [0.1, 0.15) is 28.5 Å². The third kappa shape index (κ3) is 2.57. The van der Waals surface area contributed by atoms with Crippen LogP contribution >= 0.6 is 0 Å². The number of aliphatic hydroxyl groups excluding tert-OH is 1. The van der Waals surface area contributed by atoms with Crippen LogP contribution in [0.3, 0.4) is 0 Å². The number of carbonyl (C=O) groups excluding carboxylic acids is 1. The highest BCUT2D eigenvalue weighted by Crippen LogP contribution is 2.40. The molecule has 0 saturated carbocycles. The minimum atomic E-state index is -0.163. The van der Waals surface area contributed by atoms with Crippen LogP contribution in [0.5, 0.6) is 0 Å². The van der Waals surface area contributed by atoms with E-state index in [-0.39, 0.29) is 24.3 Å². The zero-order chi connectivity index (χ0) is 14.8. The fraction of sp³-hybridized carbons (Fsp3) is 0.278. The largest absolute Gasteiger partial charge is 0.392 e. The van der Waals surface area contributed by atoms with Gasteiger partial charge in [0.25, 0.3) is 0 Å². The number of hydrogen-bond acceptors (Lipinski definition) is 2. The Kier molecular flexibility index (Phi) is 3.76. The van der Waals surface area contributed by atoms with E-state index in [9.17, 15) is 9.90 Å². The van der Waals surface area contributed by atoms with E-state index in [4.69, 9.17) is 0 Å². The second-order valence-electron chi connectivity index (χ2n) is 5.62. The number of rotatable bonds is 3. The zero-order valence-electron chi connectivity index (χ0n) is 12.1.